The lowest BCUT2D eigenvalue weighted by Crippen LogP contribution is -2.13. The summed E-state index contributed by atoms with van der Waals surface area (Å²) in [6.07, 6.45) is 1.21. The number of nitrogens with zero attached hydrogens (tertiary/aromatic N) is 1. The van der Waals surface area contributed by atoms with Gasteiger partial charge in [-0.25, -0.2) is 4.79 Å². The molecule has 3 rings (SSSR count). The first-order valence-electron chi connectivity index (χ1n) is 7.18. The standard InChI is InChI=1S/C17H12N2O6/c1-9-2-3-10(17(21)22)6-14(9)18-16(20)13-8-25-15-5-4-11(19(23)24)7-12(13)15/h2-8H,1H3,(H,18,20)(H,21,22). The maximum Gasteiger partial charge on any atom is 0.335 e. The van der Waals surface area contributed by atoms with E-state index in [0.29, 0.717) is 22.2 Å². The summed E-state index contributed by atoms with van der Waals surface area (Å²) in [6, 6.07) is 8.32. The number of hydrogen-bond donors (Lipinski definition) is 2. The molecule has 3 aromatic rings. The molecular formula is C17H12N2O6. The van der Waals surface area contributed by atoms with E-state index in [4.69, 9.17) is 9.52 Å². The Morgan fingerprint density at radius 3 is 2.64 bits per heavy atom. The van der Waals surface area contributed by atoms with Crippen molar-refractivity contribution in [2.45, 2.75) is 6.92 Å². The number of non-ortho nitro benzene ring substituents is 1. The van der Waals surface area contributed by atoms with Crippen LogP contribution in [-0.2, 0) is 0 Å². The van der Waals surface area contributed by atoms with Crippen LogP contribution in [0.1, 0.15) is 26.3 Å². The van der Waals surface area contributed by atoms with Crippen LogP contribution in [0.4, 0.5) is 11.4 Å². The van der Waals surface area contributed by atoms with Gasteiger partial charge < -0.3 is 14.8 Å². The number of carbonyl (C=O) groups is 2. The van der Waals surface area contributed by atoms with Crippen molar-refractivity contribution < 1.29 is 24.0 Å². The average molecular weight is 340 g/mol. The summed E-state index contributed by atoms with van der Waals surface area (Å²) in [6.45, 7) is 1.72. The number of carboxylic acid groups (broad SMARTS) is 1. The quantitative estimate of drug-likeness (QED) is 0.552. The van der Waals surface area contributed by atoms with Gasteiger partial charge in [0.1, 0.15) is 11.8 Å². The summed E-state index contributed by atoms with van der Waals surface area (Å²) in [7, 11) is 0. The third-order valence-electron chi connectivity index (χ3n) is 3.75. The molecule has 0 radical (unpaired) electrons. The van der Waals surface area contributed by atoms with Gasteiger partial charge in [0.2, 0.25) is 0 Å². The Morgan fingerprint density at radius 1 is 1.20 bits per heavy atom. The molecule has 0 aliphatic heterocycles. The molecule has 8 nitrogen and oxygen atoms in total. The normalized spacial score (nSPS) is 10.6. The predicted molar refractivity (Wildman–Crippen MR) is 89.0 cm³/mol. The van der Waals surface area contributed by atoms with Crippen LogP contribution >= 0.6 is 0 Å². The highest BCUT2D eigenvalue weighted by Gasteiger charge is 2.18. The van der Waals surface area contributed by atoms with Crippen LogP contribution in [0.15, 0.2) is 47.1 Å². The zero-order valence-electron chi connectivity index (χ0n) is 13.0. The van der Waals surface area contributed by atoms with Gasteiger partial charge in [-0.15, -0.1) is 0 Å². The molecule has 8 heteroatoms. The molecule has 0 saturated carbocycles. The Balaban J connectivity index is 1.98. The van der Waals surface area contributed by atoms with E-state index in [2.05, 4.69) is 5.32 Å². The number of furan rings is 1. The van der Waals surface area contributed by atoms with E-state index in [9.17, 15) is 19.7 Å². The van der Waals surface area contributed by atoms with Crippen LogP contribution in [-0.4, -0.2) is 21.9 Å². The summed E-state index contributed by atoms with van der Waals surface area (Å²) in [5.41, 5.74) is 1.35. The summed E-state index contributed by atoms with van der Waals surface area (Å²) in [4.78, 5) is 33.9. The molecule has 0 bridgehead atoms. The largest absolute Gasteiger partial charge is 0.478 e. The third-order valence-corrected chi connectivity index (χ3v) is 3.75. The van der Waals surface area contributed by atoms with Crippen LogP contribution in [0.25, 0.3) is 11.0 Å². The molecule has 1 heterocycles. The van der Waals surface area contributed by atoms with Crippen molar-refractivity contribution in [3.63, 3.8) is 0 Å². The van der Waals surface area contributed by atoms with Gasteiger partial charge in [-0.2, -0.15) is 0 Å². The Labute approximate surface area is 140 Å². The highest BCUT2D eigenvalue weighted by atomic mass is 16.6. The molecule has 0 atom stereocenters. The molecule has 0 spiro atoms. The summed E-state index contributed by atoms with van der Waals surface area (Å²) >= 11 is 0. The van der Waals surface area contributed by atoms with E-state index < -0.39 is 16.8 Å². The Hall–Kier alpha value is -3.68. The SMILES string of the molecule is Cc1ccc(C(=O)O)cc1NC(=O)c1coc2ccc([N+](=O)[O-])cc12. The number of anilines is 1. The Morgan fingerprint density at radius 2 is 1.96 bits per heavy atom. The lowest BCUT2D eigenvalue weighted by atomic mass is 10.1. The van der Waals surface area contributed by atoms with Gasteiger partial charge in [-0.05, 0) is 30.7 Å². The maximum absolute atomic E-state index is 12.5. The van der Waals surface area contributed by atoms with Crippen molar-refractivity contribution in [3.8, 4) is 0 Å². The summed E-state index contributed by atoms with van der Waals surface area (Å²) in [5.74, 6) is -1.66. The minimum atomic E-state index is -1.11. The highest BCUT2D eigenvalue weighted by Crippen LogP contribution is 2.27. The zero-order chi connectivity index (χ0) is 18.1. The Kier molecular flexibility index (Phi) is 3.94. The summed E-state index contributed by atoms with van der Waals surface area (Å²) < 4.78 is 5.26. The van der Waals surface area contributed by atoms with Gasteiger partial charge in [0.25, 0.3) is 11.6 Å². The molecule has 2 aromatic carbocycles. The number of carbonyl (C=O) groups excluding carboxylic acids is 1. The van der Waals surface area contributed by atoms with Gasteiger partial charge in [0.15, 0.2) is 0 Å². The number of aryl methyl sites for hydroxylation is 1. The zero-order valence-corrected chi connectivity index (χ0v) is 13.0. The van der Waals surface area contributed by atoms with Crippen LogP contribution in [0.2, 0.25) is 0 Å². The van der Waals surface area contributed by atoms with Gasteiger partial charge in [0.05, 0.1) is 16.1 Å². The van der Waals surface area contributed by atoms with Crippen molar-refractivity contribution in [1.29, 1.82) is 0 Å². The lowest BCUT2D eigenvalue weighted by Gasteiger charge is -2.08. The third kappa shape index (κ3) is 3.05. The van der Waals surface area contributed by atoms with Crippen LogP contribution in [0.5, 0.6) is 0 Å². The monoisotopic (exact) mass is 340 g/mol. The number of rotatable bonds is 4. The molecular weight excluding hydrogens is 328 g/mol. The van der Waals surface area contributed by atoms with Crippen molar-refractivity contribution in [2.75, 3.05) is 5.32 Å². The van der Waals surface area contributed by atoms with Crippen molar-refractivity contribution in [3.05, 3.63) is 69.5 Å². The number of fused-ring (bicyclic) bond motifs is 1. The fourth-order valence-electron chi connectivity index (χ4n) is 2.39. The molecule has 0 aliphatic rings. The van der Waals surface area contributed by atoms with Crippen molar-refractivity contribution >= 4 is 34.2 Å². The maximum atomic E-state index is 12.5. The number of amides is 1. The van der Waals surface area contributed by atoms with E-state index in [1.165, 1.54) is 36.6 Å². The number of hydrogen-bond acceptors (Lipinski definition) is 5. The smallest absolute Gasteiger partial charge is 0.335 e. The Bertz CT molecular complexity index is 1020. The molecule has 2 N–H and O–H groups in total. The number of carboxylic acids is 1. The minimum absolute atomic E-state index is 0.0357. The topological polar surface area (TPSA) is 123 Å². The highest BCUT2D eigenvalue weighted by molar-refractivity contribution is 6.13. The van der Waals surface area contributed by atoms with E-state index in [1.807, 2.05) is 0 Å². The fourth-order valence-corrected chi connectivity index (χ4v) is 2.39. The lowest BCUT2D eigenvalue weighted by molar-refractivity contribution is -0.384. The first-order chi connectivity index (χ1) is 11.9. The van der Waals surface area contributed by atoms with Crippen LogP contribution < -0.4 is 5.32 Å². The van der Waals surface area contributed by atoms with E-state index >= 15 is 0 Å². The van der Waals surface area contributed by atoms with E-state index in [-0.39, 0.29) is 16.8 Å². The van der Waals surface area contributed by atoms with Crippen molar-refractivity contribution in [1.82, 2.24) is 0 Å². The molecule has 126 valence electrons. The van der Waals surface area contributed by atoms with Crippen LogP contribution in [0, 0.1) is 17.0 Å². The van der Waals surface area contributed by atoms with E-state index in [1.54, 1.807) is 13.0 Å². The molecule has 1 aromatic heterocycles. The average Bonchev–Trinajstić information content (AvgIpc) is 2.99. The van der Waals surface area contributed by atoms with E-state index in [0.717, 1.165) is 0 Å². The molecule has 0 saturated heterocycles. The minimum Gasteiger partial charge on any atom is -0.478 e. The number of nitro benzene ring substituents is 1. The van der Waals surface area contributed by atoms with Crippen LogP contribution in [0.3, 0.4) is 0 Å². The number of aromatic carboxylic acids is 1. The molecule has 0 unspecified atom stereocenters. The molecule has 25 heavy (non-hydrogen) atoms. The van der Waals surface area contributed by atoms with Gasteiger partial charge in [-0.3, -0.25) is 14.9 Å². The fraction of sp³-hybridized carbons (Fsp3) is 0.0588. The first-order valence-corrected chi connectivity index (χ1v) is 7.18. The predicted octanol–water partition coefficient (Wildman–Crippen LogP) is 3.60. The summed E-state index contributed by atoms with van der Waals surface area (Å²) in [5, 5.41) is 22.9. The molecule has 1 amide bonds. The van der Waals surface area contributed by atoms with Gasteiger partial charge in [-0.1, -0.05) is 6.07 Å². The number of nitro groups is 1. The van der Waals surface area contributed by atoms with Gasteiger partial charge >= 0.3 is 5.97 Å². The molecule has 0 fully saturated rings. The van der Waals surface area contributed by atoms with Crippen molar-refractivity contribution in [2.24, 2.45) is 0 Å². The second kappa shape index (κ2) is 6.08. The van der Waals surface area contributed by atoms with Gasteiger partial charge in [0, 0.05) is 23.2 Å². The second-order valence-corrected chi connectivity index (χ2v) is 5.38. The second-order valence-electron chi connectivity index (χ2n) is 5.38. The molecule has 0 aliphatic carbocycles. The number of benzene rings is 2. The number of nitrogens with one attached hydrogen (secondary N) is 1. The first kappa shape index (κ1) is 16.2.